The summed E-state index contributed by atoms with van der Waals surface area (Å²) in [5.41, 5.74) is 4.28. The van der Waals surface area contributed by atoms with Crippen molar-refractivity contribution in [3.63, 3.8) is 0 Å². The lowest BCUT2D eigenvalue weighted by molar-refractivity contribution is -0.175. The van der Waals surface area contributed by atoms with Gasteiger partial charge in [-0.15, -0.1) is 0 Å². The van der Waals surface area contributed by atoms with Crippen LogP contribution in [0.15, 0.2) is 18.2 Å². The van der Waals surface area contributed by atoms with Crippen LogP contribution >= 0.6 is 0 Å². The molecular weight excluding hydrogens is 470 g/mol. The summed E-state index contributed by atoms with van der Waals surface area (Å²) in [7, 11) is 0. The predicted octanol–water partition coefficient (Wildman–Crippen LogP) is 6.29. The van der Waals surface area contributed by atoms with Crippen molar-refractivity contribution in [3.05, 3.63) is 34.9 Å². The van der Waals surface area contributed by atoms with Gasteiger partial charge < -0.3 is 15.1 Å². The molecule has 0 bridgehead atoms. The van der Waals surface area contributed by atoms with Crippen LogP contribution < -0.4 is 0 Å². The Balaban J connectivity index is 1.11. The van der Waals surface area contributed by atoms with Gasteiger partial charge in [-0.1, -0.05) is 44.5 Å². The number of hydrogen-bond acceptors (Lipinski definition) is 3. The molecule has 1 amide bonds. The van der Waals surface area contributed by atoms with E-state index in [0.29, 0.717) is 41.9 Å². The van der Waals surface area contributed by atoms with E-state index in [-0.39, 0.29) is 23.0 Å². The molecule has 10 atom stereocenters. The average Bonchev–Trinajstić information content (AvgIpc) is 3.26. The molecule has 4 aliphatic carbocycles. The Bertz CT molecular complexity index is 1050. The maximum atomic E-state index is 13.3. The number of benzene rings is 1. The van der Waals surface area contributed by atoms with Gasteiger partial charge in [-0.2, -0.15) is 0 Å². The van der Waals surface area contributed by atoms with Gasteiger partial charge in [0.25, 0.3) is 0 Å². The molecule has 2 N–H and O–H groups in total. The van der Waals surface area contributed by atoms with E-state index >= 15 is 0 Å². The van der Waals surface area contributed by atoms with Crippen molar-refractivity contribution in [2.24, 2.45) is 46.3 Å². The summed E-state index contributed by atoms with van der Waals surface area (Å²) in [5.74, 6) is 3.80. The van der Waals surface area contributed by atoms with E-state index in [1.165, 1.54) is 42.4 Å². The number of carbonyl (C=O) groups excluding carboxylic acids is 1. The van der Waals surface area contributed by atoms with Crippen molar-refractivity contribution < 1.29 is 15.0 Å². The van der Waals surface area contributed by atoms with Crippen LogP contribution in [0, 0.1) is 53.3 Å². The smallest absolute Gasteiger partial charge is 0.222 e. The summed E-state index contributed by atoms with van der Waals surface area (Å²) in [6.45, 7) is 11.0. The van der Waals surface area contributed by atoms with Gasteiger partial charge in [-0.3, -0.25) is 4.79 Å². The zero-order valence-electron chi connectivity index (χ0n) is 24.3. The third-order valence-electron chi connectivity index (χ3n) is 13.0. The lowest BCUT2D eigenvalue weighted by Crippen LogP contribution is -2.58. The first-order chi connectivity index (χ1) is 18.1. The lowest BCUT2D eigenvalue weighted by Gasteiger charge is -2.62. The van der Waals surface area contributed by atoms with Crippen molar-refractivity contribution >= 4 is 5.91 Å². The number of aliphatic hydroxyl groups excluding tert-OH is 2. The molecule has 0 unspecified atom stereocenters. The molecule has 6 rings (SSSR count). The Morgan fingerprint density at radius 2 is 1.87 bits per heavy atom. The second kappa shape index (κ2) is 9.91. The van der Waals surface area contributed by atoms with E-state index in [2.05, 4.69) is 50.8 Å². The van der Waals surface area contributed by atoms with Crippen LogP contribution in [0.1, 0.15) is 102 Å². The third kappa shape index (κ3) is 4.28. The number of rotatable bonds is 4. The summed E-state index contributed by atoms with van der Waals surface area (Å²) in [5, 5.41) is 22.2. The Kier molecular flexibility index (Phi) is 6.99. The Morgan fingerprint density at radius 1 is 1.05 bits per heavy atom. The van der Waals surface area contributed by atoms with Gasteiger partial charge in [0.2, 0.25) is 5.91 Å². The van der Waals surface area contributed by atoms with Gasteiger partial charge in [-0.05, 0) is 129 Å². The fourth-order valence-corrected chi connectivity index (χ4v) is 10.8. The van der Waals surface area contributed by atoms with E-state index in [1.807, 2.05) is 0 Å². The molecule has 4 fully saturated rings. The molecule has 210 valence electrons. The van der Waals surface area contributed by atoms with Gasteiger partial charge in [0.05, 0.1) is 12.2 Å². The van der Waals surface area contributed by atoms with Crippen molar-refractivity contribution in [1.29, 1.82) is 0 Å². The molecule has 1 heterocycles. The topological polar surface area (TPSA) is 60.8 Å². The van der Waals surface area contributed by atoms with Crippen LogP contribution in [-0.4, -0.2) is 39.8 Å². The normalized spacial score (nSPS) is 43.0. The largest absolute Gasteiger partial charge is 0.393 e. The molecule has 0 spiro atoms. The fourth-order valence-electron chi connectivity index (χ4n) is 10.8. The first-order valence-corrected chi connectivity index (χ1v) is 15.8. The highest BCUT2D eigenvalue weighted by Crippen LogP contribution is 2.68. The SMILES string of the molecule is Cc1ccc2c(c1)CCN(C(=O)CC[C@@H](C)[C@H]1CC[C@H]3[C@@H]4CC[C@@H]5C[C@H](O)CC[C@]5(C)[C@H]4C[C@H](O)[C@]13C)C2. The highest BCUT2D eigenvalue weighted by atomic mass is 16.3. The quantitative estimate of drug-likeness (QED) is 0.490. The van der Waals surface area contributed by atoms with Gasteiger partial charge in [-0.25, -0.2) is 0 Å². The number of amides is 1. The molecule has 38 heavy (non-hydrogen) atoms. The zero-order valence-corrected chi connectivity index (χ0v) is 24.3. The monoisotopic (exact) mass is 521 g/mol. The molecule has 1 aliphatic heterocycles. The molecule has 5 aliphatic rings. The highest BCUT2D eigenvalue weighted by molar-refractivity contribution is 5.76. The molecular formula is C34H51NO3. The summed E-state index contributed by atoms with van der Waals surface area (Å²) in [6.07, 6.45) is 11.1. The molecule has 0 radical (unpaired) electrons. The molecule has 4 heteroatoms. The maximum absolute atomic E-state index is 13.3. The average molecular weight is 522 g/mol. The van der Waals surface area contributed by atoms with E-state index < -0.39 is 0 Å². The summed E-state index contributed by atoms with van der Waals surface area (Å²) in [4.78, 5) is 15.3. The van der Waals surface area contributed by atoms with Crippen molar-refractivity contribution in [2.45, 2.75) is 117 Å². The van der Waals surface area contributed by atoms with Crippen molar-refractivity contribution in [2.75, 3.05) is 6.54 Å². The van der Waals surface area contributed by atoms with Crippen LogP contribution in [0.5, 0.6) is 0 Å². The lowest BCUT2D eigenvalue weighted by atomic mass is 9.43. The van der Waals surface area contributed by atoms with Gasteiger partial charge in [0.15, 0.2) is 0 Å². The third-order valence-corrected chi connectivity index (χ3v) is 13.0. The van der Waals surface area contributed by atoms with Crippen LogP contribution in [-0.2, 0) is 17.8 Å². The van der Waals surface area contributed by atoms with Gasteiger partial charge in [0.1, 0.15) is 0 Å². The maximum Gasteiger partial charge on any atom is 0.222 e. The number of fused-ring (bicyclic) bond motifs is 6. The molecule has 0 aromatic heterocycles. The number of carbonyl (C=O) groups is 1. The van der Waals surface area contributed by atoms with E-state index in [4.69, 9.17) is 0 Å². The second-order valence-electron chi connectivity index (χ2n) is 14.7. The number of hydrogen-bond donors (Lipinski definition) is 2. The fraction of sp³-hybridized carbons (Fsp3) is 0.794. The van der Waals surface area contributed by atoms with Crippen LogP contribution in [0.3, 0.4) is 0 Å². The number of aliphatic hydroxyl groups is 2. The molecule has 4 nitrogen and oxygen atoms in total. The summed E-state index contributed by atoms with van der Waals surface area (Å²) < 4.78 is 0. The second-order valence-corrected chi connectivity index (χ2v) is 14.7. The first-order valence-electron chi connectivity index (χ1n) is 15.8. The van der Waals surface area contributed by atoms with Crippen molar-refractivity contribution in [1.82, 2.24) is 4.90 Å². The summed E-state index contributed by atoms with van der Waals surface area (Å²) >= 11 is 0. The van der Waals surface area contributed by atoms with Crippen LogP contribution in [0.4, 0.5) is 0 Å². The van der Waals surface area contributed by atoms with Gasteiger partial charge in [0, 0.05) is 19.5 Å². The number of aryl methyl sites for hydroxylation is 1. The standard InChI is InChI=1S/C34H51NO3/c1-21-5-7-24-20-35(16-14-23(24)17-21)32(38)12-6-22(2)28-10-11-29-27-9-8-25-18-26(36)13-15-33(25,3)30(27)19-31(37)34(28,29)4/h5,7,17,22,25-31,36-37H,6,8-16,18-20H2,1-4H3/t22-,25-,26-,27+,28-,29+,30+,31+,33+,34-/m1/s1. The van der Waals surface area contributed by atoms with E-state index in [1.54, 1.807) is 0 Å². The molecule has 1 aromatic carbocycles. The minimum atomic E-state index is -0.246. The Hall–Kier alpha value is -1.39. The van der Waals surface area contributed by atoms with E-state index in [0.717, 1.165) is 57.5 Å². The highest BCUT2D eigenvalue weighted by Gasteiger charge is 2.63. The minimum absolute atomic E-state index is 0.0249. The van der Waals surface area contributed by atoms with Gasteiger partial charge >= 0.3 is 0 Å². The molecule has 4 saturated carbocycles. The Labute approximate surface area is 230 Å². The first kappa shape index (κ1) is 26.8. The summed E-state index contributed by atoms with van der Waals surface area (Å²) in [6, 6.07) is 6.64. The zero-order chi connectivity index (χ0) is 26.8. The minimum Gasteiger partial charge on any atom is -0.393 e. The molecule has 1 aromatic rings. The van der Waals surface area contributed by atoms with Crippen molar-refractivity contribution in [3.8, 4) is 0 Å². The van der Waals surface area contributed by atoms with E-state index in [9.17, 15) is 15.0 Å². The van der Waals surface area contributed by atoms with Crippen LogP contribution in [0.2, 0.25) is 0 Å². The Morgan fingerprint density at radius 3 is 2.68 bits per heavy atom. The number of nitrogens with zero attached hydrogens (tertiary/aromatic N) is 1. The van der Waals surface area contributed by atoms with Crippen LogP contribution in [0.25, 0.3) is 0 Å². The molecule has 0 saturated heterocycles. The predicted molar refractivity (Wildman–Crippen MR) is 151 cm³/mol.